The summed E-state index contributed by atoms with van der Waals surface area (Å²) in [4.78, 5) is 3.34. The van der Waals surface area contributed by atoms with Crippen molar-refractivity contribution in [3.05, 3.63) is 50.4 Å². The highest BCUT2D eigenvalue weighted by Crippen LogP contribution is 2.25. The fourth-order valence-corrected chi connectivity index (χ4v) is 3.77. The summed E-state index contributed by atoms with van der Waals surface area (Å²) < 4.78 is 14.9. The highest BCUT2D eigenvalue weighted by atomic mass is 79.9. The second kappa shape index (κ2) is 6.46. The Labute approximate surface area is 137 Å². The lowest BCUT2D eigenvalue weighted by Crippen LogP contribution is -2.18. The first-order valence-electron chi connectivity index (χ1n) is 7.07. The van der Waals surface area contributed by atoms with E-state index in [9.17, 15) is 4.39 Å². The van der Waals surface area contributed by atoms with Gasteiger partial charge >= 0.3 is 0 Å². The van der Waals surface area contributed by atoms with Gasteiger partial charge in [-0.15, -0.1) is 11.3 Å². The smallest absolute Gasteiger partial charge is 0.125 e. The highest BCUT2D eigenvalue weighted by Gasteiger charge is 2.20. The number of halogens is 2. The number of rotatable bonds is 6. The molecule has 0 unspecified atom stereocenters. The normalized spacial score (nSPS) is 14.4. The summed E-state index contributed by atoms with van der Waals surface area (Å²) >= 11 is 5.17. The first-order valence-corrected chi connectivity index (χ1v) is 8.74. The van der Waals surface area contributed by atoms with E-state index in [1.807, 2.05) is 7.05 Å². The molecule has 1 aromatic heterocycles. The third kappa shape index (κ3) is 4.28. The second-order valence-electron chi connectivity index (χ2n) is 5.56. The second-order valence-corrected chi connectivity index (χ2v) is 7.47. The number of nitrogens with one attached hydrogen (secondary N) is 1. The van der Waals surface area contributed by atoms with Gasteiger partial charge in [0.1, 0.15) is 5.82 Å². The summed E-state index contributed by atoms with van der Waals surface area (Å²) in [6.07, 6.45) is 2.49. The van der Waals surface area contributed by atoms with Gasteiger partial charge in [-0.05, 0) is 58.6 Å². The molecular formula is C16H18BrFN2S. The largest absolute Gasteiger partial charge is 0.369 e. The van der Waals surface area contributed by atoms with Crippen LogP contribution < -0.4 is 10.2 Å². The van der Waals surface area contributed by atoms with Crippen molar-refractivity contribution >= 4 is 33.0 Å². The maximum Gasteiger partial charge on any atom is 0.125 e. The molecule has 3 rings (SSSR count). The molecule has 0 aliphatic heterocycles. The van der Waals surface area contributed by atoms with Crippen LogP contribution in [0.4, 0.5) is 10.1 Å². The SMILES string of the molecule is CN(Cc1cc(Br)cs1)c1cc(F)cc(CNC2CC2)c1. The van der Waals surface area contributed by atoms with E-state index in [-0.39, 0.29) is 5.82 Å². The zero-order valence-corrected chi connectivity index (χ0v) is 14.3. The summed E-state index contributed by atoms with van der Waals surface area (Å²) in [7, 11) is 2.00. The van der Waals surface area contributed by atoms with E-state index in [0.29, 0.717) is 6.04 Å². The Kier molecular flexibility index (Phi) is 4.62. The highest BCUT2D eigenvalue weighted by molar-refractivity contribution is 9.10. The molecule has 0 radical (unpaired) electrons. The standard InChI is InChI=1S/C16H18BrFN2S/c1-20(9-16-6-12(17)10-21-16)15-5-11(4-13(18)7-15)8-19-14-2-3-14/h4-7,10,14,19H,2-3,8-9H2,1H3. The fourth-order valence-electron chi connectivity index (χ4n) is 2.27. The Hall–Kier alpha value is -0.910. The van der Waals surface area contributed by atoms with Crippen LogP contribution in [0.5, 0.6) is 0 Å². The van der Waals surface area contributed by atoms with E-state index < -0.39 is 0 Å². The molecule has 2 nitrogen and oxygen atoms in total. The molecule has 0 spiro atoms. The minimum absolute atomic E-state index is 0.167. The van der Waals surface area contributed by atoms with E-state index in [4.69, 9.17) is 0 Å². The monoisotopic (exact) mass is 368 g/mol. The minimum atomic E-state index is -0.167. The van der Waals surface area contributed by atoms with Gasteiger partial charge in [0.15, 0.2) is 0 Å². The van der Waals surface area contributed by atoms with E-state index >= 15 is 0 Å². The van der Waals surface area contributed by atoms with Gasteiger partial charge in [0.25, 0.3) is 0 Å². The van der Waals surface area contributed by atoms with Crippen LogP contribution in [0.15, 0.2) is 34.1 Å². The van der Waals surface area contributed by atoms with Crippen molar-refractivity contribution in [1.29, 1.82) is 0 Å². The summed E-state index contributed by atoms with van der Waals surface area (Å²) in [5.74, 6) is -0.167. The van der Waals surface area contributed by atoms with Crippen LogP contribution in [0.25, 0.3) is 0 Å². The van der Waals surface area contributed by atoms with E-state index in [2.05, 4.69) is 43.7 Å². The average Bonchev–Trinajstić information content (AvgIpc) is 3.19. The lowest BCUT2D eigenvalue weighted by molar-refractivity contribution is 0.619. The van der Waals surface area contributed by atoms with Crippen LogP contribution in [-0.2, 0) is 13.1 Å². The fraction of sp³-hybridized carbons (Fsp3) is 0.375. The van der Waals surface area contributed by atoms with Gasteiger partial charge in [-0.1, -0.05) is 0 Å². The first-order chi connectivity index (χ1) is 10.1. The van der Waals surface area contributed by atoms with Crippen molar-refractivity contribution in [2.24, 2.45) is 0 Å². The van der Waals surface area contributed by atoms with Crippen molar-refractivity contribution in [2.75, 3.05) is 11.9 Å². The predicted octanol–water partition coefficient (Wildman–Crippen LogP) is 4.54. The van der Waals surface area contributed by atoms with Crippen molar-refractivity contribution in [3.8, 4) is 0 Å². The molecule has 1 N–H and O–H groups in total. The predicted molar refractivity (Wildman–Crippen MR) is 90.4 cm³/mol. The summed E-state index contributed by atoms with van der Waals surface area (Å²) in [6.45, 7) is 1.53. The van der Waals surface area contributed by atoms with Crippen molar-refractivity contribution in [1.82, 2.24) is 5.32 Å². The Morgan fingerprint density at radius 2 is 2.14 bits per heavy atom. The van der Waals surface area contributed by atoms with Crippen molar-refractivity contribution in [3.63, 3.8) is 0 Å². The molecule has 1 heterocycles. The van der Waals surface area contributed by atoms with E-state index in [1.54, 1.807) is 23.5 Å². The quantitative estimate of drug-likeness (QED) is 0.804. The van der Waals surface area contributed by atoms with Gasteiger partial charge in [-0.3, -0.25) is 0 Å². The van der Waals surface area contributed by atoms with Gasteiger partial charge < -0.3 is 10.2 Å². The summed E-state index contributed by atoms with van der Waals surface area (Å²) in [5, 5.41) is 5.50. The first kappa shape index (κ1) is 15.0. The van der Waals surface area contributed by atoms with E-state index in [1.165, 1.54) is 17.7 Å². The third-order valence-electron chi connectivity index (χ3n) is 3.57. The molecule has 0 bridgehead atoms. The lowest BCUT2D eigenvalue weighted by Gasteiger charge is -2.19. The van der Waals surface area contributed by atoms with Crippen LogP contribution in [0.2, 0.25) is 0 Å². The zero-order chi connectivity index (χ0) is 14.8. The molecular weight excluding hydrogens is 351 g/mol. The number of hydrogen-bond acceptors (Lipinski definition) is 3. The van der Waals surface area contributed by atoms with Crippen LogP contribution >= 0.6 is 27.3 Å². The molecule has 112 valence electrons. The molecule has 1 aromatic carbocycles. The van der Waals surface area contributed by atoms with Crippen LogP contribution in [-0.4, -0.2) is 13.1 Å². The number of hydrogen-bond donors (Lipinski definition) is 1. The lowest BCUT2D eigenvalue weighted by atomic mass is 10.1. The Balaban J connectivity index is 1.70. The van der Waals surface area contributed by atoms with Crippen molar-refractivity contribution in [2.45, 2.75) is 32.0 Å². The van der Waals surface area contributed by atoms with Gasteiger partial charge in [-0.2, -0.15) is 0 Å². The molecule has 5 heteroatoms. The van der Waals surface area contributed by atoms with Crippen LogP contribution in [0.3, 0.4) is 0 Å². The minimum Gasteiger partial charge on any atom is -0.369 e. The van der Waals surface area contributed by atoms with Gasteiger partial charge in [0.2, 0.25) is 0 Å². The topological polar surface area (TPSA) is 15.3 Å². The number of anilines is 1. The molecule has 2 aromatic rings. The number of benzene rings is 1. The summed E-state index contributed by atoms with van der Waals surface area (Å²) in [5.41, 5.74) is 1.93. The molecule has 0 atom stereocenters. The maximum atomic E-state index is 13.8. The summed E-state index contributed by atoms with van der Waals surface area (Å²) in [6, 6.07) is 8.03. The number of nitrogens with zero attached hydrogens (tertiary/aromatic N) is 1. The van der Waals surface area contributed by atoms with Crippen molar-refractivity contribution < 1.29 is 4.39 Å². The molecule has 1 aliphatic carbocycles. The Morgan fingerprint density at radius 1 is 1.33 bits per heavy atom. The van der Waals surface area contributed by atoms with Gasteiger partial charge in [0.05, 0.1) is 6.54 Å². The van der Waals surface area contributed by atoms with Gasteiger partial charge in [-0.25, -0.2) is 4.39 Å². The molecule has 1 fully saturated rings. The van der Waals surface area contributed by atoms with E-state index in [0.717, 1.165) is 28.8 Å². The third-order valence-corrected chi connectivity index (χ3v) is 5.25. The average molecular weight is 369 g/mol. The molecule has 21 heavy (non-hydrogen) atoms. The van der Waals surface area contributed by atoms with Crippen LogP contribution in [0.1, 0.15) is 23.3 Å². The van der Waals surface area contributed by atoms with Gasteiger partial charge in [0, 0.05) is 40.1 Å². The molecule has 0 saturated heterocycles. The Morgan fingerprint density at radius 3 is 2.81 bits per heavy atom. The number of thiophene rings is 1. The maximum absolute atomic E-state index is 13.8. The molecule has 0 amide bonds. The van der Waals surface area contributed by atoms with Crippen LogP contribution in [0, 0.1) is 5.82 Å². The Bertz CT molecular complexity index is 624. The zero-order valence-electron chi connectivity index (χ0n) is 11.9. The molecule has 1 aliphatic rings. The molecule has 1 saturated carbocycles.